The molecular weight excluding hydrogens is 299 g/mol. The molecular formula is C14H12Cl2N2S. The molecule has 5 heteroatoms. The van der Waals surface area contributed by atoms with Crippen molar-refractivity contribution in [2.45, 2.75) is 6.92 Å². The first-order valence-corrected chi connectivity index (χ1v) is 6.76. The zero-order valence-electron chi connectivity index (χ0n) is 10.2. The van der Waals surface area contributed by atoms with E-state index in [9.17, 15) is 0 Å². The Balaban J connectivity index is 2.29. The van der Waals surface area contributed by atoms with Gasteiger partial charge in [-0.15, -0.1) is 0 Å². The Morgan fingerprint density at radius 3 is 2.47 bits per heavy atom. The van der Waals surface area contributed by atoms with Crippen molar-refractivity contribution >= 4 is 51.8 Å². The summed E-state index contributed by atoms with van der Waals surface area (Å²) in [5, 5.41) is 4.41. The standard InChI is InChI=1S/C14H12Cl2N2S/c1-8-6-10(3-4-11(8)14(17)19)18-13-5-2-9(15)7-12(13)16/h2-7,18H,1H3,(H2,17,19). The van der Waals surface area contributed by atoms with Crippen LogP contribution in [0.3, 0.4) is 0 Å². The summed E-state index contributed by atoms with van der Waals surface area (Å²) in [5.74, 6) is 0. The van der Waals surface area contributed by atoms with E-state index in [0.29, 0.717) is 15.0 Å². The average molecular weight is 311 g/mol. The first-order valence-electron chi connectivity index (χ1n) is 5.60. The van der Waals surface area contributed by atoms with Crippen molar-refractivity contribution in [2.75, 3.05) is 5.32 Å². The largest absolute Gasteiger partial charge is 0.389 e. The van der Waals surface area contributed by atoms with E-state index >= 15 is 0 Å². The quantitative estimate of drug-likeness (QED) is 0.808. The molecule has 0 aliphatic carbocycles. The molecule has 2 rings (SSSR count). The first kappa shape index (κ1) is 14.1. The van der Waals surface area contributed by atoms with Crippen LogP contribution in [0.4, 0.5) is 11.4 Å². The molecule has 0 aromatic heterocycles. The van der Waals surface area contributed by atoms with Gasteiger partial charge in [0, 0.05) is 16.3 Å². The van der Waals surface area contributed by atoms with Crippen molar-refractivity contribution in [1.29, 1.82) is 0 Å². The number of hydrogen-bond donors (Lipinski definition) is 2. The van der Waals surface area contributed by atoms with Crippen LogP contribution in [0.25, 0.3) is 0 Å². The van der Waals surface area contributed by atoms with E-state index in [2.05, 4.69) is 5.32 Å². The molecule has 3 N–H and O–H groups in total. The van der Waals surface area contributed by atoms with Crippen molar-refractivity contribution < 1.29 is 0 Å². The Kier molecular flexibility index (Phi) is 4.30. The van der Waals surface area contributed by atoms with Gasteiger partial charge in [-0.25, -0.2) is 0 Å². The van der Waals surface area contributed by atoms with Crippen LogP contribution in [0, 0.1) is 6.92 Å². The number of benzene rings is 2. The van der Waals surface area contributed by atoms with Gasteiger partial charge in [0.15, 0.2) is 0 Å². The zero-order chi connectivity index (χ0) is 14.0. The van der Waals surface area contributed by atoms with Crippen LogP contribution in [0.1, 0.15) is 11.1 Å². The van der Waals surface area contributed by atoms with E-state index in [1.54, 1.807) is 12.1 Å². The monoisotopic (exact) mass is 310 g/mol. The lowest BCUT2D eigenvalue weighted by molar-refractivity contribution is 1.42. The zero-order valence-corrected chi connectivity index (χ0v) is 12.5. The number of anilines is 2. The van der Waals surface area contributed by atoms with Gasteiger partial charge in [-0.05, 0) is 48.9 Å². The highest BCUT2D eigenvalue weighted by molar-refractivity contribution is 7.80. The number of aryl methyl sites for hydroxylation is 1. The van der Waals surface area contributed by atoms with Crippen LogP contribution < -0.4 is 11.1 Å². The van der Waals surface area contributed by atoms with Crippen LogP contribution in [0.2, 0.25) is 10.0 Å². The van der Waals surface area contributed by atoms with Crippen LogP contribution in [-0.4, -0.2) is 4.99 Å². The Labute approximate surface area is 127 Å². The Morgan fingerprint density at radius 2 is 1.89 bits per heavy atom. The molecule has 98 valence electrons. The molecule has 0 saturated heterocycles. The summed E-state index contributed by atoms with van der Waals surface area (Å²) in [6.07, 6.45) is 0. The molecule has 0 aliphatic rings. The molecule has 0 atom stereocenters. The minimum atomic E-state index is 0.397. The van der Waals surface area contributed by atoms with E-state index in [1.807, 2.05) is 31.2 Å². The minimum Gasteiger partial charge on any atom is -0.389 e. The van der Waals surface area contributed by atoms with Gasteiger partial charge in [0.1, 0.15) is 4.99 Å². The molecule has 19 heavy (non-hydrogen) atoms. The molecule has 2 nitrogen and oxygen atoms in total. The van der Waals surface area contributed by atoms with Crippen molar-refractivity contribution in [1.82, 2.24) is 0 Å². The molecule has 0 fully saturated rings. The summed E-state index contributed by atoms with van der Waals surface area (Å²) in [6, 6.07) is 11.1. The van der Waals surface area contributed by atoms with Crippen molar-refractivity contribution in [3.05, 3.63) is 57.6 Å². The maximum absolute atomic E-state index is 6.11. The highest BCUT2D eigenvalue weighted by Crippen LogP contribution is 2.28. The summed E-state index contributed by atoms with van der Waals surface area (Å²) >= 11 is 17.0. The molecule has 2 aromatic carbocycles. The van der Waals surface area contributed by atoms with E-state index in [4.69, 9.17) is 41.2 Å². The van der Waals surface area contributed by atoms with Crippen LogP contribution in [0.5, 0.6) is 0 Å². The fourth-order valence-corrected chi connectivity index (χ4v) is 2.45. The molecule has 0 radical (unpaired) electrons. The summed E-state index contributed by atoms with van der Waals surface area (Å²) in [5.41, 5.74) is 9.24. The fourth-order valence-electron chi connectivity index (χ4n) is 1.76. The second-order valence-electron chi connectivity index (χ2n) is 4.14. The van der Waals surface area contributed by atoms with Crippen LogP contribution in [0.15, 0.2) is 36.4 Å². The number of hydrogen-bond acceptors (Lipinski definition) is 2. The number of nitrogens with two attached hydrogens (primary N) is 1. The molecule has 0 bridgehead atoms. The molecule has 0 amide bonds. The Hall–Kier alpha value is -1.29. The van der Waals surface area contributed by atoms with Gasteiger partial charge in [-0.1, -0.05) is 35.4 Å². The van der Waals surface area contributed by atoms with Gasteiger partial charge in [0.2, 0.25) is 0 Å². The minimum absolute atomic E-state index is 0.397. The number of nitrogens with one attached hydrogen (secondary N) is 1. The maximum atomic E-state index is 6.11. The van der Waals surface area contributed by atoms with Crippen molar-refractivity contribution in [3.63, 3.8) is 0 Å². The van der Waals surface area contributed by atoms with Crippen LogP contribution in [-0.2, 0) is 0 Å². The van der Waals surface area contributed by atoms with E-state index < -0.39 is 0 Å². The summed E-state index contributed by atoms with van der Waals surface area (Å²) < 4.78 is 0. The molecule has 2 aromatic rings. The normalized spacial score (nSPS) is 10.3. The predicted molar refractivity (Wildman–Crippen MR) is 86.8 cm³/mol. The molecule has 0 spiro atoms. The smallest absolute Gasteiger partial charge is 0.104 e. The fraction of sp³-hybridized carbons (Fsp3) is 0.0714. The third kappa shape index (κ3) is 3.38. The SMILES string of the molecule is Cc1cc(Nc2ccc(Cl)cc2Cl)ccc1C(N)=S. The van der Waals surface area contributed by atoms with Crippen molar-refractivity contribution in [3.8, 4) is 0 Å². The number of thiocarbonyl (C=S) groups is 1. The average Bonchev–Trinajstić information content (AvgIpc) is 2.32. The Morgan fingerprint density at radius 1 is 1.16 bits per heavy atom. The second-order valence-corrected chi connectivity index (χ2v) is 5.43. The lowest BCUT2D eigenvalue weighted by atomic mass is 10.1. The first-order chi connectivity index (χ1) is 8.97. The summed E-state index contributed by atoms with van der Waals surface area (Å²) in [7, 11) is 0. The molecule has 0 saturated carbocycles. The van der Waals surface area contributed by atoms with Gasteiger partial charge in [-0.2, -0.15) is 0 Å². The van der Waals surface area contributed by atoms with Gasteiger partial charge in [0.25, 0.3) is 0 Å². The van der Waals surface area contributed by atoms with Gasteiger partial charge >= 0.3 is 0 Å². The maximum Gasteiger partial charge on any atom is 0.104 e. The lowest BCUT2D eigenvalue weighted by Crippen LogP contribution is -2.11. The molecule has 0 heterocycles. The van der Waals surface area contributed by atoms with Crippen molar-refractivity contribution in [2.24, 2.45) is 5.73 Å². The van der Waals surface area contributed by atoms with Crippen LogP contribution >= 0.6 is 35.4 Å². The van der Waals surface area contributed by atoms with Gasteiger partial charge < -0.3 is 11.1 Å². The topological polar surface area (TPSA) is 38.0 Å². The number of halogens is 2. The highest BCUT2D eigenvalue weighted by atomic mass is 35.5. The molecule has 0 unspecified atom stereocenters. The lowest BCUT2D eigenvalue weighted by Gasteiger charge is -2.11. The van der Waals surface area contributed by atoms with Gasteiger partial charge in [-0.3, -0.25) is 0 Å². The number of rotatable bonds is 3. The van der Waals surface area contributed by atoms with E-state index in [-0.39, 0.29) is 0 Å². The third-order valence-corrected chi connectivity index (χ3v) is 3.47. The highest BCUT2D eigenvalue weighted by Gasteiger charge is 2.05. The second kappa shape index (κ2) is 5.78. The van der Waals surface area contributed by atoms with E-state index in [1.165, 1.54) is 0 Å². The van der Waals surface area contributed by atoms with Gasteiger partial charge in [0.05, 0.1) is 10.7 Å². The third-order valence-electron chi connectivity index (χ3n) is 2.70. The Bertz CT molecular complexity index is 641. The summed E-state index contributed by atoms with van der Waals surface area (Å²) in [6.45, 7) is 1.96. The van der Waals surface area contributed by atoms with E-state index in [0.717, 1.165) is 22.5 Å². The molecule has 0 aliphatic heterocycles. The summed E-state index contributed by atoms with van der Waals surface area (Å²) in [4.78, 5) is 0.397. The predicted octanol–water partition coefficient (Wildman–Crippen LogP) is 4.68.